The van der Waals surface area contributed by atoms with Crippen molar-refractivity contribution in [2.45, 2.75) is 83.3 Å². The van der Waals surface area contributed by atoms with Gasteiger partial charge in [-0.3, -0.25) is 0 Å². The first kappa shape index (κ1) is 17.4. The van der Waals surface area contributed by atoms with Gasteiger partial charge >= 0.3 is 0 Å². The molecule has 6 nitrogen and oxygen atoms in total. The Morgan fingerprint density at radius 1 is 0.920 bits per heavy atom. The number of rotatable bonds is 5. The molecule has 0 unspecified atom stereocenters. The first-order chi connectivity index (χ1) is 12.2. The Bertz CT molecular complexity index is 536. The van der Waals surface area contributed by atoms with Crippen LogP contribution in [0.1, 0.15) is 83.1 Å². The van der Waals surface area contributed by atoms with Crippen molar-refractivity contribution in [3.8, 4) is 0 Å². The van der Waals surface area contributed by atoms with Gasteiger partial charge in [-0.25, -0.2) is 4.68 Å². The van der Waals surface area contributed by atoms with E-state index in [0.717, 1.165) is 11.9 Å². The summed E-state index contributed by atoms with van der Waals surface area (Å²) in [6, 6.07) is 1.93. The SMILES string of the molecule is CC(C)[C@@H](c1nnnn1C1CCCC1)[NH+]1CC[NH+](C2CCCC2)CC1. The van der Waals surface area contributed by atoms with Crippen molar-refractivity contribution in [3.05, 3.63) is 5.82 Å². The van der Waals surface area contributed by atoms with E-state index in [0.29, 0.717) is 18.0 Å². The van der Waals surface area contributed by atoms with Gasteiger partial charge in [-0.1, -0.05) is 26.7 Å². The Morgan fingerprint density at radius 2 is 1.56 bits per heavy atom. The van der Waals surface area contributed by atoms with Gasteiger partial charge in [0.05, 0.1) is 12.1 Å². The maximum Gasteiger partial charge on any atom is 0.209 e. The van der Waals surface area contributed by atoms with Gasteiger partial charge in [-0.05, 0) is 49.0 Å². The second-order valence-electron chi connectivity index (χ2n) is 8.94. The zero-order valence-corrected chi connectivity index (χ0v) is 16.1. The summed E-state index contributed by atoms with van der Waals surface area (Å²) in [7, 11) is 0. The maximum atomic E-state index is 4.53. The predicted octanol–water partition coefficient (Wildman–Crippen LogP) is 0.211. The lowest BCUT2D eigenvalue weighted by Gasteiger charge is -2.37. The minimum atomic E-state index is 0.445. The molecule has 4 rings (SSSR count). The van der Waals surface area contributed by atoms with Gasteiger partial charge in [0.25, 0.3) is 0 Å². The summed E-state index contributed by atoms with van der Waals surface area (Å²) in [5.74, 6) is 1.73. The van der Waals surface area contributed by atoms with Crippen LogP contribution in [0.5, 0.6) is 0 Å². The largest absolute Gasteiger partial charge is 0.323 e. The van der Waals surface area contributed by atoms with Crippen molar-refractivity contribution in [3.63, 3.8) is 0 Å². The third-order valence-electron chi connectivity index (χ3n) is 7.04. The Labute approximate surface area is 151 Å². The molecule has 1 atom stereocenters. The molecule has 0 spiro atoms. The molecule has 1 aromatic rings. The fraction of sp³-hybridized carbons (Fsp3) is 0.947. The lowest BCUT2D eigenvalue weighted by molar-refractivity contribution is -1.04. The van der Waals surface area contributed by atoms with Gasteiger partial charge < -0.3 is 9.80 Å². The van der Waals surface area contributed by atoms with E-state index in [1.165, 1.54) is 77.5 Å². The third kappa shape index (κ3) is 3.61. The van der Waals surface area contributed by atoms with Crippen LogP contribution in [-0.2, 0) is 0 Å². The maximum absolute atomic E-state index is 4.53. The number of hydrogen-bond acceptors (Lipinski definition) is 3. The third-order valence-corrected chi connectivity index (χ3v) is 7.04. The molecule has 2 aliphatic carbocycles. The van der Waals surface area contributed by atoms with E-state index in [4.69, 9.17) is 0 Å². The lowest BCUT2D eigenvalue weighted by atomic mass is 10.00. The Morgan fingerprint density at radius 3 is 2.20 bits per heavy atom. The van der Waals surface area contributed by atoms with E-state index >= 15 is 0 Å². The average Bonchev–Trinajstić information content (AvgIpc) is 3.37. The predicted molar refractivity (Wildman–Crippen MR) is 96.6 cm³/mol. The molecule has 0 aromatic carbocycles. The fourth-order valence-electron chi connectivity index (χ4n) is 5.71. The molecule has 2 saturated carbocycles. The highest BCUT2D eigenvalue weighted by molar-refractivity contribution is 4.93. The summed E-state index contributed by atoms with van der Waals surface area (Å²) in [5, 5.41) is 13.0. The zero-order chi connectivity index (χ0) is 17.2. The van der Waals surface area contributed by atoms with Crippen LogP contribution in [-0.4, -0.2) is 52.4 Å². The van der Waals surface area contributed by atoms with Crippen molar-refractivity contribution in [2.24, 2.45) is 5.92 Å². The van der Waals surface area contributed by atoms with E-state index in [-0.39, 0.29) is 0 Å². The Hall–Kier alpha value is -1.01. The van der Waals surface area contributed by atoms with Crippen molar-refractivity contribution >= 4 is 0 Å². The molecule has 1 saturated heterocycles. The molecular formula is C19H36N6+2. The van der Waals surface area contributed by atoms with E-state index in [9.17, 15) is 0 Å². The van der Waals surface area contributed by atoms with E-state index in [1.807, 2.05) is 4.90 Å². The molecule has 25 heavy (non-hydrogen) atoms. The Balaban J connectivity index is 1.46. The summed E-state index contributed by atoms with van der Waals surface area (Å²) >= 11 is 0. The van der Waals surface area contributed by atoms with Gasteiger partial charge in [0.2, 0.25) is 5.82 Å². The molecule has 2 N–H and O–H groups in total. The molecule has 0 bridgehead atoms. The summed E-state index contributed by atoms with van der Waals surface area (Å²) in [6.45, 7) is 9.89. The molecule has 140 valence electrons. The fourth-order valence-corrected chi connectivity index (χ4v) is 5.71. The highest BCUT2D eigenvalue weighted by Crippen LogP contribution is 2.31. The van der Waals surface area contributed by atoms with Crippen LogP contribution in [0.4, 0.5) is 0 Å². The molecule has 3 fully saturated rings. The molecule has 0 radical (unpaired) electrons. The topological polar surface area (TPSA) is 52.5 Å². The number of nitrogens with zero attached hydrogens (tertiary/aromatic N) is 4. The number of piperazine rings is 1. The van der Waals surface area contributed by atoms with E-state index in [2.05, 4.69) is 34.1 Å². The first-order valence-electron chi connectivity index (χ1n) is 10.7. The van der Waals surface area contributed by atoms with Crippen LogP contribution >= 0.6 is 0 Å². The molecule has 2 heterocycles. The summed E-state index contributed by atoms with van der Waals surface area (Å²) in [6.07, 6.45) is 11.0. The quantitative estimate of drug-likeness (QED) is 0.800. The van der Waals surface area contributed by atoms with Crippen molar-refractivity contribution in [1.82, 2.24) is 20.2 Å². The van der Waals surface area contributed by atoms with Crippen LogP contribution in [0.15, 0.2) is 0 Å². The highest BCUT2D eigenvalue weighted by atomic mass is 15.6. The average molecular weight is 349 g/mol. The highest BCUT2D eigenvalue weighted by Gasteiger charge is 2.39. The van der Waals surface area contributed by atoms with Crippen LogP contribution < -0.4 is 9.80 Å². The van der Waals surface area contributed by atoms with Crippen LogP contribution in [0.25, 0.3) is 0 Å². The molecular weight excluding hydrogens is 312 g/mol. The number of hydrogen-bond donors (Lipinski definition) is 2. The smallest absolute Gasteiger partial charge is 0.209 e. The zero-order valence-electron chi connectivity index (χ0n) is 16.1. The molecule has 3 aliphatic rings. The standard InChI is InChI=1S/C19H34N6/c1-15(2)18(19-20-21-22-25(19)17-9-5-6-10-17)24-13-11-23(12-14-24)16-7-3-4-8-16/h15-18H,3-14H2,1-2H3/p+2/t18-/m0/s1. The summed E-state index contributed by atoms with van der Waals surface area (Å²) in [4.78, 5) is 3.59. The monoisotopic (exact) mass is 348 g/mol. The van der Waals surface area contributed by atoms with Gasteiger partial charge in [-0.15, -0.1) is 5.10 Å². The molecule has 6 heteroatoms. The van der Waals surface area contributed by atoms with E-state index in [1.54, 1.807) is 4.90 Å². The van der Waals surface area contributed by atoms with Crippen molar-refractivity contribution in [1.29, 1.82) is 0 Å². The Kier molecular flexibility index (Phi) is 5.36. The summed E-state index contributed by atoms with van der Waals surface area (Å²) in [5.41, 5.74) is 0. The number of quaternary nitrogens is 2. The molecule has 1 aromatic heterocycles. The molecule has 0 amide bonds. The minimum absolute atomic E-state index is 0.445. The van der Waals surface area contributed by atoms with Gasteiger partial charge in [0.1, 0.15) is 26.2 Å². The molecule has 1 aliphatic heterocycles. The first-order valence-corrected chi connectivity index (χ1v) is 10.7. The number of aromatic nitrogens is 4. The normalized spacial score (nSPS) is 30.4. The van der Waals surface area contributed by atoms with Crippen LogP contribution in [0.2, 0.25) is 0 Å². The van der Waals surface area contributed by atoms with Gasteiger partial charge in [0, 0.05) is 5.92 Å². The summed E-state index contributed by atoms with van der Waals surface area (Å²) < 4.78 is 2.20. The van der Waals surface area contributed by atoms with Crippen molar-refractivity contribution in [2.75, 3.05) is 26.2 Å². The van der Waals surface area contributed by atoms with Crippen LogP contribution in [0.3, 0.4) is 0 Å². The number of nitrogens with one attached hydrogen (secondary N) is 2. The second kappa shape index (κ2) is 7.70. The van der Waals surface area contributed by atoms with E-state index < -0.39 is 0 Å². The van der Waals surface area contributed by atoms with Crippen LogP contribution in [0, 0.1) is 5.92 Å². The second-order valence-corrected chi connectivity index (χ2v) is 8.94. The lowest BCUT2D eigenvalue weighted by Crippen LogP contribution is -3.29. The van der Waals surface area contributed by atoms with Crippen molar-refractivity contribution < 1.29 is 9.80 Å². The minimum Gasteiger partial charge on any atom is -0.323 e. The number of tetrazole rings is 1. The van der Waals surface area contributed by atoms with Gasteiger partial charge in [-0.2, -0.15) is 0 Å². The van der Waals surface area contributed by atoms with Gasteiger partial charge in [0.15, 0.2) is 6.04 Å².